The van der Waals surface area contributed by atoms with Gasteiger partial charge in [-0.05, 0) is 42.7 Å². The van der Waals surface area contributed by atoms with Crippen molar-refractivity contribution in [2.75, 3.05) is 31.1 Å². The first-order chi connectivity index (χ1) is 20.5. The number of phenolic OH excluding ortho intramolecular Hbond substituents is 2. The van der Waals surface area contributed by atoms with E-state index in [0.717, 1.165) is 4.57 Å². The summed E-state index contributed by atoms with van der Waals surface area (Å²) in [6.07, 6.45) is 2.78. The van der Waals surface area contributed by atoms with Crippen LogP contribution < -0.4 is 15.3 Å². The average molecular weight is 590 g/mol. The van der Waals surface area contributed by atoms with Crippen LogP contribution in [0, 0.1) is 18.6 Å². The maximum Gasteiger partial charge on any atom is 0.354 e. The van der Waals surface area contributed by atoms with E-state index >= 15 is 8.78 Å². The summed E-state index contributed by atoms with van der Waals surface area (Å²) in [4.78, 5) is 38.5. The van der Waals surface area contributed by atoms with Crippen molar-refractivity contribution in [1.82, 2.24) is 19.4 Å². The molecule has 0 aliphatic carbocycles. The molecule has 6 rings (SSSR count). The molecular formula is C31H29F2N5O5. The molecule has 43 heavy (non-hydrogen) atoms. The number of rotatable bonds is 4. The van der Waals surface area contributed by atoms with Crippen molar-refractivity contribution in [2.24, 2.45) is 0 Å². The van der Waals surface area contributed by atoms with Gasteiger partial charge in [-0.1, -0.05) is 26.5 Å². The van der Waals surface area contributed by atoms with Crippen molar-refractivity contribution in [3.8, 4) is 34.1 Å². The number of carbonyl (C=O) groups is 1. The van der Waals surface area contributed by atoms with Crippen LogP contribution in [0.2, 0.25) is 0 Å². The van der Waals surface area contributed by atoms with E-state index < -0.39 is 51.7 Å². The molecule has 1 atom stereocenters. The molecule has 12 heteroatoms. The minimum atomic E-state index is -1.20. The van der Waals surface area contributed by atoms with E-state index in [-0.39, 0.29) is 60.5 Å². The molecule has 2 aromatic heterocycles. The van der Waals surface area contributed by atoms with E-state index in [9.17, 15) is 19.8 Å². The van der Waals surface area contributed by atoms with E-state index in [2.05, 4.69) is 16.5 Å². The quantitative estimate of drug-likeness (QED) is 0.341. The number of carbonyl (C=O) groups excluding carboxylic acids is 1. The molecular weight excluding hydrogens is 560 g/mol. The van der Waals surface area contributed by atoms with Crippen LogP contribution in [0.5, 0.6) is 17.2 Å². The number of ether oxygens (including phenoxy) is 1. The molecule has 2 aromatic carbocycles. The standard InChI is InChI=1S/C31H29F2N5O5/c1-5-20(41)36-11-12-37-17(13-36)14-43-29-23-28(24(32)22(25(29)33)21-18(39)7-6-8-19(21)40)38(31(42)35-30(23)37)27-16(4)9-10-34-26(27)15(2)3/h5-10,15,17,39-40H,1,11-14H2,2-4H3. The molecule has 2 N–H and O–H groups in total. The highest BCUT2D eigenvalue weighted by molar-refractivity contribution is 6.01. The Bertz CT molecular complexity index is 1870. The van der Waals surface area contributed by atoms with Crippen LogP contribution in [0.3, 0.4) is 0 Å². The molecule has 4 heterocycles. The topological polar surface area (TPSA) is 121 Å². The van der Waals surface area contributed by atoms with Crippen LogP contribution >= 0.6 is 0 Å². The Morgan fingerprint density at radius 3 is 2.53 bits per heavy atom. The molecule has 4 aromatic rings. The lowest BCUT2D eigenvalue weighted by Crippen LogP contribution is -2.56. The summed E-state index contributed by atoms with van der Waals surface area (Å²) in [6, 6.07) is 4.83. The first-order valence-corrected chi connectivity index (χ1v) is 13.8. The molecule has 2 aliphatic heterocycles. The third-order valence-corrected chi connectivity index (χ3v) is 8.01. The second kappa shape index (κ2) is 10.4. The molecule has 222 valence electrons. The zero-order valence-corrected chi connectivity index (χ0v) is 23.8. The van der Waals surface area contributed by atoms with Crippen molar-refractivity contribution < 1.29 is 28.5 Å². The Hall–Kier alpha value is -5.00. The number of fused-ring (bicyclic) bond motifs is 2. The highest BCUT2D eigenvalue weighted by Crippen LogP contribution is 2.48. The van der Waals surface area contributed by atoms with Gasteiger partial charge in [0.25, 0.3) is 0 Å². The van der Waals surface area contributed by atoms with Gasteiger partial charge in [-0.2, -0.15) is 4.98 Å². The van der Waals surface area contributed by atoms with Gasteiger partial charge < -0.3 is 24.7 Å². The van der Waals surface area contributed by atoms with Crippen LogP contribution in [0.1, 0.15) is 31.0 Å². The van der Waals surface area contributed by atoms with Crippen LogP contribution in [0.15, 0.2) is 47.9 Å². The number of amides is 1. The number of nitrogens with zero attached hydrogens (tertiary/aromatic N) is 5. The summed E-state index contributed by atoms with van der Waals surface area (Å²) in [7, 11) is 0. The Kier molecular flexibility index (Phi) is 6.79. The van der Waals surface area contributed by atoms with Gasteiger partial charge in [0.05, 0.1) is 33.9 Å². The van der Waals surface area contributed by atoms with E-state index in [1.807, 2.05) is 13.8 Å². The number of anilines is 1. The van der Waals surface area contributed by atoms with Crippen molar-refractivity contribution in [1.29, 1.82) is 0 Å². The summed E-state index contributed by atoms with van der Waals surface area (Å²) in [5.74, 6) is -4.39. The number of aryl methyl sites for hydroxylation is 1. The molecule has 0 saturated carbocycles. The van der Waals surface area contributed by atoms with Gasteiger partial charge >= 0.3 is 5.69 Å². The number of aromatic hydroxyl groups is 2. The Labute approximate surface area is 245 Å². The number of hydrogen-bond donors (Lipinski definition) is 2. The summed E-state index contributed by atoms with van der Waals surface area (Å²) in [5.41, 5.74) is -1.07. The number of benzene rings is 2. The lowest BCUT2D eigenvalue weighted by atomic mass is 9.98. The Morgan fingerprint density at radius 1 is 1.14 bits per heavy atom. The maximum absolute atomic E-state index is 17.0. The first-order valence-electron chi connectivity index (χ1n) is 13.8. The van der Waals surface area contributed by atoms with E-state index in [0.29, 0.717) is 11.3 Å². The molecule has 1 saturated heterocycles. The number of aromatic nitrogens is 3. The third-order valence-electron chi connectivity index (χ3n) is 8.01. The predicted octanol–water partition coefficient (Wildman–Crippen LogP) is 4.16. The largest absolute Gasteiger partial charge is 0.507 e. The normalized spacial score (nSPS) is 16.2. The van der Waals surface area contributed by atoms with Crippen LogP contribution in [-0.4, -0.2) is 67.8 Å². The molecule has 1 amide bonds. The predicted molar refractivity (Wildman–Crippen MR) is 156 cm³/mol. The fourth-order valence-electron chi connectivity index (χ4n) is 5.99. The summed E-state index contributed by atoms with van der Waals surface area (Å²) < 4.78 is 40.7. The number of pyridine rings is 1. The van der Waals surface area contributed by atoms with Crippen molar-refractivity contribution in [3.05, 3.63) is 76.5 Å². The number of piperazine rings is 1. The molecule has 1 fully saturated rings. The first kappa shape index (κ1) is 28.1. The second-order valence-corrected chi connectivity index (χ2v) is 10.9. The lowest BCUT2D eigenvalue weighted by molar-refractivity contribution is -0.126. The molecule has 0 radical (unpaired) electrons. The minimum Gasteiger partial charge on any atom is -0.507 e. The summed E-state index contributed by atoms with van der Waals surface area (Å²) in [6.45, 7) is 9.55. The highest BCUT2D eigenvalue weighted by Gasteiger charge is 2.39. The van der Waals surface area contributed by atoms with Gasteiger partial charge in [0.15, 0.2) is 17.4 Å². The van der Waals surface area contributed by atoms with Crippen molar-refractivity contribution in [3.63, 3.8) is 0 Å². The Morgan fingerprint density at radius 2 is 1.86 bits per heavy atom. The number of phenols is 2. The summed E-state index contributed by atoms with van der Waals surface area (Å²) in [5, 5.41) is 21.2. The molecule has 10 nitrogen and oxygen atoms in total. The van der Waals surface area contributed by atoms with E-state index in [1.165, 1.54) is 24.3 Å². The van der Waals surface area contributed by atoms with Gasteiger partial charge in [-0.25, -0.2) is 13.6 Å². The maximum atomic E-state index is 17.0. The summed E-state index contributed by atoms with van der Waals surface area (Å²) >= 11 is 0. The molecule has 0 spiro atoms. The van der Waals surface area contributed by atoms with Crippen molar-refractivity contribution >= 4 is 22.6 Å². The smallest absolute Gasteiger partial charge is 0.354 e. The molecule has 1 unspecified atom stereocenters. The van der Waals surface area contributed by atoms with Gasteiger partial charge in [0, 0.05) is 25.8 Å². The fraction of sp³-hybridized carbons (Fsp3) is 0.290. The van der Waals surface area contributed by atoms with Crippen LogP contribution in [0.4, 0.5) is 14.6 Å². The van der Waals surface area contributed by atoms with Gasteiger partial charge in [0.2, 0.25) is 5.91 Å². The minimum absolute atomic E-state index is 0.0120. The second-order valence-electron chi connectivity index (χ2n) is 10.9. The number of hydrogen-bond acceptors (Lipinski definition) is 8. The third kappa shape index (κ3) is 4.27. The lowest BCUT2D eigenvalue weighted by Gasteiger charge is -2.40. The monoisotopic (exact) mass is 589 g/mol. The molecule has 2 aliphatic rings. The number of halogens is 2. The zero-order valence-electron chi connectivity index (χ0n) is 23.8. The average Bonchev–Trinajstić information content (AvgIpc) is 3.13. The molecule has 0 bridgehead atoms. The highest BCUT2D eigenvalue weighted by atomic mass is 19.1. The van der Waals surface area contributed by atoms with Crippen molar-refractivity contribution in [2.45, 2.75) is 32.7 Å². The van der Waals surface area contributed by atoms with Crippen LogP contribution in [0.25, 0.3) is 27.7 Å². The Balaban J connectivity index is 1.76. The van der Waals surface area contributed by atoms with E-state index in [4.69, 9.17) is 4.74 Å². The van der Waals surface area contributed by atoms with Gasteiger partial charge in [-0.15, -0.1) is 0 Å². The fourth-order valence-corrected chi connectivity index (χ4v) is 5.99. The van der Waals surface area contributed by atoms with Crippen LogP contribution in [-0.2, 0) is 4.79 Å². The zero-order chi connectivity index (χ0) is 30.7. The van der Waals surface area contributed by atoms with E-state index in [1.54, 1.807) is 29.0 Å². The van der Waals surface area contributed by atoms with Gasteiger partial charge in [-0.3, -0.25) is 14.3 Å². The van der Waals surface area contributed by atoms with Gasteiger partial charge in [0.1, 0.15) is 29.4 Å². The SMILES string of the molecule is C=CC(=O)N1CCN2c3nc(=O)n(-c4c(C)ccnc4C(C)C)c4c(F)c(-c5c(O)cccc5O)c(F)c(c34)OCC2C1.